The fourth-order valence-electron chi connectivity index (χ4n) is 2.95. The van der Waals surface area contributed by atoms with E-state index in [1.807, 2.05) is 37.3 Å². The van der Waals surface area contributed by atoms with Gasteiger partial charge in [0, 0.05) is 10.4 Å². The molecule has 1 aliphatic carbocycles. The van der Waals surface area contributed by atoms with Gasteiger partial charge in [0.2, 0.25) is 0 Å². The molecular formula is C20H15N3O2S. The maximum absolute atomic E-state index is 13.2. The lowest BCUT2D eigenvalue weighted by atomic mass is 10.0. The Morgan fingerprint density at radius 2 is 1.69 bits per heavy atom. The highest BCUT2D eigenvalue weighted by Gasteiger charge is 2.18. The zero-order valence-corrected chi connectivity index (χ0v) is 15.1. The molecule has 6 heteroatoms. The molecule has 2 aromatic heterocycles. The van der Waals surface area contributed by atoms with Crippen molar-refractivity contribution in [1.82, 2.24) is 9.66 Å². The molecule has 0 atom stereocenters. The Labute approximate surface area is 153 Å². The Kier molecular flexibility index (Phi) is 3.97. The highest BCUT2D eigenvalue weighted by Crippen LogP contribution is 2.35. The van der Waals surface area contributed by atoms with E-state index in [9.17, 15) is 9.59 Å². The van der Waals surface area contributed by atoms with Crippen molar-refractivity contribution in [3.05, 3.63) is 75.7 Å². The minimum absolute atomic E-state index is 0.0959. The minimum atomic E-state index is -0.207. The van der Waals surface area contributed by atoms with Crippen molar-refractivity contribution in [2.75, 3.05) is 0 Å². The van der Waals surface area contributed by atoms with E-state index in [4.69, 9.17) is 0 Å². The van der Waals surface area contributed by atoms with E-state index in [0.717, 1.165) is 16.0 Å². The van der Waals surface area contributed by atoms with Crippen LogP contribution in [-0.2, 0) is 4.79 Å². The Morgan fingerprint density at radius 1 is 1.00 bits per heavy atom. The van der Waals surface area contributed by atoms with Crippen molar-refractivity contribution in [3.8, 4) is 11.1 Å². The zero-order chi connectivity index (χ0) is 18.3. The molecule has 128 valence electrons. The third-order valence-corrected chi connectivity index (χ3v) is 5.16. The van der Waals surface area contributed by atoms with Crippen LogP contribution >= 0.6 is 11.3 Å². The highest BCUT2D eigenvalue weighted by molar-refractivity contribution is 7.19. The molecule has 0 spiro atoms. The summed E-state index contributed by atoms with van der Waals surface area (Å²) < 4.78 is 1.31. The summed E-state index contributed by atoms with van der Waals surface area (Å²) in [4.78, 5) is 30.8. The second kappa shape index (κ2) is 6.31. The van der Waals surface area contributed by atoms with Gasteiger partial charge in [0.25, 0.3) is 5.56 Å². The summed E-state index contributed by atoms with van der Waals surface area (Å²) in [6.45, 7) is 3.75. The van der Waals surface area contributed by atoms with E-state index in [2.05, 4.69) is 10.1 Å². The standard InChI is InChI=1S/C20H15N3O2S/c1-12-17(14-6-4-3-5-7-14)18-19(26-12)21-13(2)23(20(18)25)22-15-8-10-16(24)11-9-15/h3-11H,1-2H3. The molecule has 0 unspecified atom stereocenters. The smallest absolute Gasteiger partial charge is 0.283 e. The molecule has 0 N–H and O–H groups in total. The van der Waals surface area contributed by atoms with Crippen molar-refractivity contribution in [2.45, 2.75) is 13.8 Å². The first-order valence-corrected chi connectivity index (χ1v) is 8.93. The number of ketones is 1. The lowest BCUT2D eigenvalue weighted by Gasteiger charge is -2.07. The zero-order valence-electron chi connectivity index (χ0n) is 14.3. The number of hydrogen-bond donors (Lipinski definition) is 0. The minimum Gasteiger partial charge on any atom is -0.290 e. The van der Waals surface area contributed by atoms with Gasteiger partial charge in [-0.25, -0.2) is 4.98 Å². The van der Waals surface area contributed by atoms with Gasteiger partial charge in [-0.15, -0.1) is 11.3 Å². The average Bonchev–Trinajstić information content (AvgIpc) is 2.97. The van der Waals surface area contributed by atoms with Gasteiger partial charge in [-0.1, -0.05) is 30.3 Å². The molecule has 0 saturated carbocycles. The van der Waals surface area contributed by atoms with Crippen molar-refractivity contribution >= 4 is 33.0 Å². The van der Waals surface area contributed by atoms with Crippen molar-refractivity contribution < 1.29 is 4.79 Å². The van der Waals surface area contributed by atoms with Crippen molar-refractivity contribution in [2.24, 2.45) is 5.10 Å². The monoisotopic (exact) mass is 361 g/mol. The summed E-state index contributed by atoms with van der Waals surface area (Å²) in [6.07, 6.45) is 6.04. The van der Waals surface area contributed by atoms with Crippen LogP contribution in [0.2, 0.25) is 0 Å². The van der Waals surface area contributed by atoms with Crippen LogP contribution in [0.4, 0.5) is 0 Å². The number of carbonyl (C=O) groups excluding carboxylic acids is 1. The maximum Gasteiger partial charge on any atom is 0.283 e. The number of rotatable bonds is 2. The third kappa shape index (κ3) is 2.74. The van der Waals surface area contributed by atoms with Gasteiger partial charge in [0.15, 0.2) is 5.78 Å². The van der Waals surface area contributed by atoms with E-state index >= 15 is 0 Å². The number of thiophene rings is 1. The van der Waals surface area contributed by atoms with Crippen LogP contribution in [0.15, 0.2) is 64.5 Å². The number of nitrogens with zero attached hydrogens (tertiary/aromatic N) is 3. The molecule has 5 nitrogen and oxygen atoms in total. The van der Waals surface area contributed by atoms with Crippen molar-refractivity contribution in [1.29, 1.82) is 0 Å². The van der Waals surface area contributed by atoms with Gasteiger partial charge in [0.05, 0.1) is 11.1 Å². The largest absolute Gasteiger partial charge is 0.290 e. The Hall–Kier alpha value is -3.12. The predicted molar refractivity (Wildman–Crippen MR) is 105 cm³/mol. The molecule has 26 heavy (non-hydrogen) atoms. The number of allylic oxidation sites excluding steroid dienone is 4. The molecule has 1 aliphatic rings. The molecule has 2 heterocycles. The average molecular weight is 361 g/mol. The van der Waals surface area contributed by atoms with E-state index in [1.54, 1.807) is 19.1 Å². The van der Waals surface area contributed by atoms with Crippen LogP contribution < -0.4 is 5.56 Å². The number of carbonyl (C=O) groups is 1. The normalized spacial score (nSPS) is 13.6. The van der Waals surface area contributed by atoms with Gasteiger partial charge < -0.3 is 0 Å². The lowest BCUT2D eigenvalue weighted by Crippen LogP contribution is -2.21. The molecule has 0 radical (unpaired) electrons. The van der Waals surface area contributed by atoms with E-state index in [0.29, 0.717) is 21.8 Å². The van der Waals surface area contributed by atoms with Crippen LogP contribution in [0.5, 0.6) is 0 Å². The van der Waals surface area contributed by atoms with Crippen LogP contribution in [0, 0.1) is 13.8 Å². The summed E-state index contributed by atoms with van der Waals surface area (Å²) in [7, 11) is 0. The number of hydrogen-bond acceptors (Lipinski definition) is 5. The van der Waals surface area contributed by atoms with Crippen LogP contribution in [0.3, 0.4) is 0 Å². The van der Waals surface area contributed by atoms with Crippen LogP contribution in [0.25, 0.3) is 21.3 Å². The molecule has 0 aliphatic heterocycles. The first kappa shape index (κ1) is 16.4. The fourth-order valence-corrected chi connectivity index (χ4v) is 4.03. The first-order valence-electron chi connectivity index (χ1n) is 8.12. The maximum atomic E-state index is 13.2. The van der Waals surface area contributed by atoms with E-state index in [-0.39, 0.29) is 11.3 Å². The molecule has 1 aromatic carbocycles. The molecule has 0 amide bonds. The predicted octanol–water partition coefficient (Wildman–Crippen LogP) is 3.64. The SMILES string of the molecule is Cc1sc2nc(C)n(N=C3C=CC(=O)C=C3)c(=O)c2c1-c1ccccc1. The Bertz CT molecular complexity index is 1160. The Morgan fingerprint density at radius 3 is 2.38 bits per heavy atom. The molecule has 0 saturated heterocycles. The van der Waals surface area contributed by atoms with Crippen molar-refractivity contribution in [3.63, 3.8) is 0 Å². The summed E-state index contributed by atoms with van der Waals surface area (Å²) in [5.41, 5.74) is 2.22. The topological polar surface area (TPSA) is 64.3 Å². The summed E-state index contributed by atoms with van der Waals surface area (Å²) in [5, 5.41) is 4.96. The first-order chi connectivity index (χ1) is 12.5. The van der Waals surface area contributed by atoms with Crippen LogP contribution in [-0.4, -0.2) is 21.2 Å². The number of aromatic nitrogens is 2. The number of benzene rings is 1. The molecule has 3 aromatic rings. The van der Waals surface area contributed by atoms with Gasteiger partial charge >= 0.3 is 0 Å². The Balaban J connectivity index is 1.98. The van der Waals surface area contributed by atoms with Gasteiger partial charge in [-0.05, 0) is 43.7 Å². The summed E-state index contributed by atoms with van der Waals surface area (Å²) >= 11 is 1.51. The number of fused-ring (bicyclic) bond motifs is 1. The van der Waals surface area contributed by atoms with Gasteiger partial charge in [0.1, 0.15) is 10.7 Å². The summed E-state index contributed by atoms with van der Waals surface area (Å²) in [5.74, 6) is 0.413. The highest BCUT2D eigenvalue weighted by atomic mass is 32.1. The molecular weight excluding hydrogens is 346 g/mol. The van der Waals surface area contributed by atoms with Gasteiger partial charge in [-0.3, -0.25) is 9.59 Å². The molecule has 0 bridgehead atoms. The second-order valence-electron chi connectivity index (χ2n) is 5.95. The molecule has 0 fully saturated rings. The molecule has 4 rings (SSSR count). The van der Waals surface area contributed by atoms with E-state index < -0.39 is 0 Å². The quantitative estimate of drug-likeness (QED) is 0.655. The van der Waals surface area contributed by atoms with Crippen LogP contribution in [0.1, 0.15) is 10.7 Å². The fraction of sp³-hybridized carbons (Fsp3) is 0.100. The van der Waals surface area contributed by atoms with E-state index in [1.165, 1.54) is 28.2 Å². The second-order valence-corrected chi connectivity index (χ2v) is 7.15. The lowest BCUT2D eigenvalue weighted by molar-refractivity contribution is -0.110. The summed E-state index contributed by atoms with van der Waals surface area (Å²) in [6, 6.07) is 9.83. The van der Waals surface area contributed by atoms with Gasteiger partial charge in [-0.2, -0.15) is 9.78 Å². The number of aryl methyl sites for hydroxylation is 2. The third-order valence-electron chi connectivity index (χ3n) is 4.16.